The van der Waals surface area contributed by atoms with Gasteiger partial charge >= 0.3 is 19.8 Å². The van der Waals surface area contributed by atoms with Crippen LogP contribution in [0.5, 0.6) is 0 Å². The molecule has 0 saturated heterocycles. The molecule has 8 nitrogen and oxygen atoms in total. The average molecular weight is 843 g/mol. The van der Waals surface area contributed by atoms with E-state index in [2.05, 4.69) is 30.5 Å². The summed E-state index contributed by atoms with van der Waals surface area (Å²) in [6.07, 6.45) is 52.3. The van der Waals surface area contributed by atoms with Crippen LogP contribution in [0.25, 0.3) is 0 Å². The molecule has 0 aliphatic carbocycles. The first kappa shape index (κ1) is 56.8. The Morgan fingerprint density at radius 1 is 0.431 bits per heavy atom. The normalized spacial score (nSPS) is 12.4. The molecule has 0 bridgehead atoms. The van der Waals surface area contributed by atoms with Gasteiger partial charge in [0.25, 0.3) is 0 Å². The van der Waals surface area contributed by atoms with Gasteiger partial charge in [-0.2, -0.15) is 0 Å². The number of allylic oxidation sites excluding steroid dienone is 2. The number of phosphoric acid groups is 1. The van der Waals surface area contributed by atoms with E-state index in [0.717, 1.165) is 38.5 Å². The van der Waals surface area contributed by atoms with Crippen molar-refractivity contribution in [3.63, 3.8) is 0 Å². The summed E-state index contributed by atoms with van der Waals surface area (Å²) in [5.41, 5.74) is 0. The Labute approximate surface area is 358 Å². The fraction of sp³-hybridized carbons (Fsp3) is 0.918. The highest BCUT2D eigenvalue weighted by atomic mass is 31.2. The van der Waals surface area contributed by atoms with Crippen molar-refractivity contribution in [2.24, 2.45) is 0 Å². The number of unbranched alkanes of at least 4 members (excludes halogenated alkanes) is 35. The van der Waals surface area contributed by atoms with E-state index >= 15 is 0 Å². The first-order valence-corrected chi connectivity index (χ1v) is 26.5. The highest BCUT2D eigenvalue weighted by Crippen LogP contribution is 2.36. The van der Waals surface area contributed by atoms with E-state index in [-0.39, 0.29) is 19.4 Å². The number of carbonyl (C=O) groups is 2. The second-order valence-electron chi connectivity index (χ2n) is 17.2. The van der Waals surface area contributed by atoms with Gasteiger partial charge in [0, 0.05) is 12.8 Å². The smallest absolute Gasteiger partial charge is 0.462 e. The predicted molar refractivity (Wildman–Crippen MR) is 244 cm³/mol. The molecule has 0 fully saturated rings. The number of hydrogen-bond acceptors (Lipinski definition) is 6. The predicted octanol–water partition coefficient (Wildman–Crippen LogP) is 15.8. The number of rotatable bonds is 47. The highest BCUT2D eigenvalue weighted by molar-refractivity contribution is 7.46. The lowest BCUT2D eigenvalue weighted by Gasteiger charge is -2.18. The molecule has 0 aliphatic heterocycles. The molecule has 0 amide bonds. The van der Waals surface area contributed by atoms with Gasteiger partial charge in [0.1, 0.15) is 6.61 Å². The van der Waals surface area contributed by atoms with Gasteiger partial charge < -0.3 is 19.3 Å². The van der Waals surface area contributed by atoms with Crippen molar-refractivity contribution in [1.82, 2.24) is 0 Å². The molecule has 0 aromatic rings. The van der Waals surface area contributed by atoms with Gasteiger partial charge in [-0.25, -0.2) is 4.57 Å². The molecule has 9 heteroatoms. The zero-order valence-electron chi connectivity index (χ0n) is 38.2. The molecule has 2 N–H and O–H groups in total. The second-order valence-corrected chi connectivity index (χ2v) is 18.4. The third-order valence-electron chi connectivity index (χ3n) is 11.3. The van der Waals surface area contributed by atoms with Crippen molar-refractivity contribution in [2.45, 2.75) is 277 Å². The van der Waals surface area contributed by atoms with Crippen molar-refractivity contribution in [3.05, 3.63) is 12.2 Å². The number of hydrogen-bond donors (Lipinski definition) is 2. The molecular formula is C49H95O8P. The van der Waals surface area contributed by atoms with Crippen LogP contribution < -0.4 is 0 Å². The third kappa shape index (κ3) is 47.5. The van der Waals surface area contributed by atoms with Crippen molar-refractivity contribution >= 4 is 19.8 Å². The standard InChI is InChI=1S/C49H95O8P/c1-3-5-7-9-11-13-15-17-19-21-23-24-26-27-29-31-33-35-37-39-41-43-48(50)55-45-47(46-56-58(52,53)54)57-49(51)44-42-40-38-36-34-32-30-28-25-22-20-18-16-14-12-10-8-6-4-2/h18,20,47H,3-17,19,21-46H2,1-2H3,(H2,52,53,54)/b20-18-/t47-/m1/s1. The first-order valence-electron chi connectivity index (χ1n) is 25.0. The molecule has 0 aromatic carbocycles. The molecule has 0 spiro atoms. The van der Waals surface area contributed by atoms with E-state index in [9.17, 15) is 14.2 Å². The van der Waals surface area contributed by atoms with Gasteiger partial charge in [-0.15, -0.1) is 0 Å². The molecule has 58 heavy (non-hydrogen) atoms. The highest BCUT2D eigenvalue weighted by Gasteiger charge is 2.23. The molecule has 0 aliphatic rings. The van der Waals surface area contributed by atoms with Crippen LogP contribution in [-0.4, -0.2) is 41.0 Å². The molecule has 0 rings (SSSR count). The number of carbonyl (C=O) groups excluding carboxylic acids is 2. The van der Waals surface area contributed by atoms with Gasteiger partial charge in [0.15, 0.2) is 6.10 Å². The fourth-order valence-electron chi connectivity index (χ4n) is 7.55. The lowest BCUT2D eigenvalue weighted by molar-refractivity contribution is -0.161. The van der Waals surface area contributed by atoms with E-state index in [1.54, 1.807) is 0 Å². The van der Waals surface area contributed by atoms with Crippen molar-refractivity contribution < 1.29 is 37.9 Å². The SMILES string of the molecule is CCCCCCCC/C=C\CCCCCCCCCCCC(=O)O[C@H](COC(=O)CCCCCCCCCCCCCCCCCCCCCCC)COP(=O)(O)O. The molecular weight excluding hydrogens is 748 g/mol. The molecule has 0 heterocycles. The van der Waals surface area contributed by atoms with Crippen LogP contribution in [-0.2, 0) is 28.2 Å². The van der Waals surface area contributed by atoms with E-state index in [1.165, 1.54) is 199 Å². The maximum absolute atomic E-state index is 12.5. The van der Waals surface area contributed by atoms with E-state index in [0.29, 0.717) is 6.42 Å². The maximum atomic E-state index is 12.5. The van der Waals surface area contributed by atoms with Gasteiger partial charge in [0.2, 0.25) is 0 Å². The van der Waals surface area contributed by atoms with Crippen molar-refractivity contribution in [3.8, 4) is 0 Å². The van der Waals surface area contributed by atoms with Crippen LogP contribution in [0.2, 0.25) is 0 Å². The summed E-state index contributed by atoms with van der Waals surface area (Å²) in [5, 5.41) is 0. The summed E-state index contributed by atoms with van der Waals surface area (Å²) < 4.78 is 26.5. The van der Waals surface area contributed by atoms with Gasteiger partial charge in [-0.05, 0) is 38.5 Å². The summed E-state index contributed by atoms with van der Waals surface area (Å²) in [5.74, 6) is -0.869. The maximum Gasteiger partial charge on any atom is 0.469 e. The molecule has 1 atom stereocenters. The Hall–Kier alpha value is -1.21. The zero-order chi connectivity index (χ0) is 42.5. The number of phosphoric ester groups is 1. The lowest BCUT2D eigenvalue weighted by atomic mass is 10.0. The van der Waals surface area contributed by atoms with Crippen molar-refractivity contribution in [1.29, 1.82) is 0 Å². The van der Waals surface area contributed by atoms with E-state index in [4.69, 9.17) is 19.3 Å². The summed E-state index contributed by atoms with van der Waals surface area (Å²) >= 11 is 0. The van der Waals surface area contributed by atoms with Crippen LogP contribution in [0, 0.1) is 0 Å². The van der Waals surface area contributed by atoms with Crippen LogP contribution in [0.1, 0.15) is 271 Å². The average Bonchev–Trinajstić information content (AvgIpc) is 3.20. The largest absolute Gasteiger partial charge is 0.469 e. The first-order chi connectivity index (χ1) is 28.3. The van der Waals surface area contributed by atoms with E-state index < -0.39 is 32.5 Å². The van der Waals surface area contributed by atoms with Gasteiger partial charge in [-0.3, -0.25) is 14.1 Å². The molecule has 0 aromatic heterocycles. The number of ether oxygens (including phenoxy) is 2. The summed E-state index contributed by atoms with van der Waals surface area (Å²) in [6.45, 7) is 3.73. The Kier molecular flexibility index (Phi) is 44.4. The summed E-state index contributed by atoms with van der Waals surface area (Å²) in [7, 11) is -4.75. The second kappa shape index (κ2) is 45.3. The molecule has 0 radical (unpaired) electrons. The topological polar surface area (TPSA) is 119 Å². The van der Waals surface area contributed by atoms with Crippen LogP contribution in [0.4, 0.5) is 0 Å². The Morgan fingerprint density at radius 2 is 0.724 bits per heavy atom. The minimum atomic E-state index is -4.75. The van der Waals surface area contributed by atoms with Crippen LogP contribution >= 0.6 is 7.82 Å². The Morgan fingerprint density at radius 3 is 1.05 bits per heavy atom. The van der Waals surface area contributed by atoms with E-state index in [1.807, 2.05) is 0 Å². The minimum absolute atomic E-state index is 0.214. The zero-order valence-corrected chi connectivity index (χ0v) is 39.1. The lowest BCUT2D eigenvalue weighted by Crippen LogP contribution is -2.29. The molecule has 0 saturated carbocycles. The van der Waals surface area contributed by atoms with Crippen LogP contribution in [0.3, 0.4) is 0 Å². The van der Waals surface area contributed by atoms with Gasteiger partial charge in [0.05, 0.1) is 6.61 Å². The summed E-state index contributed by atoms with van der Waals surface area (Å²) in [6, 6.07) is 0. The monoisotopic (exact) mass is 843 g/mol. The van der Waals surface area contributed by atoms with Gasteiger partial charge in [-0.1, -0.05) is 231 Å². The quantitative estimate of drug-likeness (QED) is 0.0269. The molecule has 344 valence electrons. The summed E-state index contributed by atoms with van der Waals surface area (Å²) in [4.78, 5) is 43.1. The third-order valence-corrected chi connectivity index (χ3v) is 11.8. The van der Waals surface area contributed by atoms with Crippen molar-refractivity contribution in [2.75, 3.05) is 13.2 Å². The minimum Gasteiger partial charge on any atom is -0.462 e. The fourth-order valence-corrected chi connectivity index (χ4v) is 7.91. The Balaban J connectivity index is 3.79. The van der Waals surface area contributed by atoms with Crippen LogP contribution in [0.15, 0.2) is 12.2 Å². The molecule has 0 unspecified atom stereocenters. The Bertz CT molecular complexity index is 951. The number of esters is 2.